The minimum absolute atomic E-state index is 0.346. The van der Waals surface area contributed by atoms with Crippen LogP contribution in [0.3, 0.4) is 0 Å². The summed E-state index contributed by atoms with van der Waals surface area (Å²) < 4.78 is 0. The van der Waals surface area contributed by atoms with Crippen molar-refractivity contribution in [1.29, 1.82) is 0 Å². The molecule has 0 radical (unpaired) electrons. The van der Waals surface area contributed by atoms with Crippen molar-refractivity contribution in [3.63, 3.8) is 0 Å². The number of fused-ring (bicyclic) bond motifs is 1. The third-order valence-electron chi connectivity index (χ3n) is 3.92. The second kappa shape index (κ2) is 5.49. The first kappa shape index (κ1) is 12.3. The molecule has 0 saturated heterocycles. The Hall–Kier alpha value is -1.74. The van der Waals surface area contributed by atoms with Crippen molar-refractivity contribution >= 4 is 0 Å². The first-order valence-electron chi connectivity index (χ1n) is 6.93. The number of aromatic nitrogens is 2. The molecule has 0 saturated carbocycles. The van der Waals surface area contributed by atoms with Crippen LogP contribution in [0.5, 0.6) is 0 Å². The summed E-state index contributed by atoms with van der Waals surface area (Å²) in [4.78, 5) is 8.31. The molecule has 1 atom stereocenters. The molecule has 1 heterocycles. The zero-order chi connectivity index (χ0) is 13.1. The van der Waals surface area contributed by atoms with Gasteiger partial charge in [-0.3, -0.25) is 0 Å². The van der Waals surface area contributed by atoms with E-state index in [9.17, 15) is 0 Å². The van der Waals surface area contributed by atoms with Crippen molar-refractivity contribution in [2.24, 2.45) is 5.92 Å². The predicted octanol–water partition coefficient (Wildman–Crippen LogP) is 2.54. The fraction of sp³-hybridized carbons (Fsp3) is 0.375. The summed E-state index contributed by atoms with van der Waals surface area (Å²) >= 11 is 0. The number of benzene rings is 1. The van der Waals surface area contributed by atoms with Gasteiger partial charge in [-0.25, -0.2) is 9.97 Å². The van der Waals surface area contributed by atoms with Crippen LogP contribution in [0.25, 0.3) is 0 Å². The second-order valence-corrected chi connectivity index (χ2v) is 5.14. The van der Waals surface area contributed by atoms with Crippen LogP contribution in [-0.2, 0) is 12.8 Å². The van der Waals surface area contributed by atoms with Gasteiger partial charge in [0.2, 0.25) is 0 Å². The molecule has 1 unspecified atom stereocenters. The molecule has 0 bridgehead atoms. The van der Waals surface area contributed by atoms with E-state index in [4.69, 9.17) is 0 Å². The van der Waals surface area contributed by atoms with Crippen molar-refractivity contribution in [2.45, 2.75) is 25.8 Å². The van der Waals surface area contributed by atoms with Crippen LogP contribution in [0.15, 0.2) is 43.0 Å². The summed E-state index contributed by atoms with van der Waals surface area (Å²) in [7, 11) is 0. The zero-order valence-electron chi connectivity index (χ0n) is 11.2. The van der Waals surface area contributed by atoms with E-state index in [0.717, 1.165) is 19.4 Å². The van der Waals surface area contributed by atoms with Gasteiger partial charge in [-0.15, -0.1) is 0 Å². The van der Waals surface area contributed by atoms with Gasteiger partial charge >= 0.3 is 0 Å². The first-order valence-corrected chi connectivity index (χ1v) is 6.93. The quantitative estimate of drug-likeness (QED) is 0.910. The maximum Gasteiger partial charge on any atom is 0.115 e. The number of rotatable bonds is 4. The monoisotopic (exact) mass is 253 g/mol. The molecule has 0 fully saturated rings. The zero-order valence-corrected chi connectivity index (χ0v) is 11.2. The standard InChI is InChI=1S/C16H19N3/c1-2-19-16(15-9-17-11-18-10-15)14-7-12-5-3-4-6-13(12)8-14/h3-6,9-11,14,16,19H,2,7-8H2,1H3. The lowest BCUT2D eigenvalue weighted by Crippen LogP contribution is -2.29. The van der Waals surface area contributed by atoms with Crippen LogP contribution in [0.1, 0.15) is 29.7 Å². The van der Waals surface area contributed by atoms with E-state index in [-0.39, 0.29) is 0 Å². The molecule has 3 heteroatoms. The SMILES string of the molecule is CCNC(c1cncnc1)C1Cc2ccccc2C1. The molecule has 19 heavy (non-hydrogen) atoms. The Kier molecular flexibility index (Phi) is 3.56. The van der Waals surface area contributed by atoms with Crippen LogP contribution in [0, 0.1) is 5.92 Å². The molecule has 1 N–H and O–H groups in total. The molecule has 2 aromatic rings. The normalized spacial score (nSPS) is 16.3. The summed E-state index contributed by atoms with van der Waals surface area (Å²) in [6.07, 6.45) is 7.74. The topological polar surface area (TPSA) is 37.8 Å². The Balaban J connectivity index is 1.84. The molecule has 1 aliphatic rings. The number of nitrogens with zero attached hydrogens (tertiary/aromatic N) is 2. The molecule has 1 aliphatic carbocycles. The molecule has 3 nitrogen and oxygen atoms in total. The Labute approximate surface area is 114 Å². The average molecular weight is 253 g/mol. The summed E-state index contributed by atoms with van der Waals surface area (Å²) in [6, 6.07) is 9.11. The highest BCUT2D eigenvalue weighted by molar-refractivity contribution is 5.33. The minimum Gasteiger partial charge on any atom is -0.310 e. The second-order valence-electron chi connectivity index (χ2n) is 5.14. The number of hydrogen-bond acceptors (Lipinski definition) is 3. The van der Waals surface area contributed by atoms with Crippen LogP contribution in [-0.4, -0.2) is 16.5 Å². The first-order chi connectivity index (χ1) is 9.38. The highest BCUT2D eigenvalue weighted by Gasteiger charge is 2.29. The van der Waals surface area contributed by atoms with Crippen LogP contribution in [0.4, 0.5) is 0 Å². The van der Waals surface area contributed by atoms with Crippen molar-refractivity contribution in [3.8, 4) is 0 Å². The summed E-state index contributed by atoms with van der Waals surface area (Å²) in [5, 5.41) is 3.60. The third kappa shape index (κ3) is 2.51. The average Bonchev–Trinajstić information content (AvgIpc) is 2.89. The van der Waals surface area contributed by atoms with Crippen LogP contribution in [0.2, 0.25) is 0 Å². The highest BCUT2D eigenvalue weighted by Crippen LogP contribution is 2.34. The van der Waals surface area contributed by atoms with Gasteiger partial charge < -0.3 is 5.32 Å². The van der Waals surface area contributed by atoms with Gasteiger partial charge in [0, 0.05) is 24.0 Å². The maximum absolute atomic E-state index is 4.16. The van der Waals surface area contributed by atoms with Crippen molar-refractivity contribution in [2.75, 3.05) is 6.54 Å². The molecule has 98 valence electrons. The van der Waals surface area contributed by atoms with Crippen molar-refractivity contribution < 1.29 is 0 Å². The fourth-order valence-electron chi connectivity index (χ4n) is 3.08. The Morgan fingerprint density at radius 3 is 2.37 bits per heavy atom. The number of hydrogen-bond donors (Lipinski definition) is 1. The minimum atomic E-state index is 0.346. The van der Waals surface area contributed by atoms with Gasteiger partial charge in [0.05, 0.1) is 0 Å². The van der Waals surface area contributed by atoms with Crippen LogP contribution >= 0.6 is 0 Å². The van der Waals surface area contributed by atoms with Crippen LogP contribution < -0.4 is 5.32 Å². The van der Waals surface area contributed by atoms with Gasteiger partial charge in [-0.05, 0) is 36.4 Å². The van der Waals surface area contributed by atoms with Gasteiger partial charge in [0.1, 0.15) is 6.33 Å². The van der Waals surface area contributed by atoms with Crippen molar-refractivity contribution in [1.82, 2.24) is 15.3 Å². The smallest absolute Gasteiger partial charge is 0.115 e. The predicted molar refractivity (Wildman–Crippen MR) is 75.8 cm³/mol. The largest absolute Gasteiger partial charge is 0.310 e. The molecule has 1 aromatic carbocycles. The fourth-order valence-corrected chi connectivity index (χ4v) is 3.08. The molecule has 0 amide bonds. The van der Waals surface area contributed by atoms with Gasteiger partial charge in [0.15, 0.2) is 0 Å². The third-order valence-corrected chi connectivity index (χ3v) is 3.92. The van der Waals surface area contributed by atoms with E-state index in [1.165, 1.54) is 16.7 Å². The molecule has 0 aliphatic heterocycles. The molecule has 0 spiro atoms. The van der Waals surface area contributed by atoms with Gasteiger partial charge in [0.25, 0.3) is 0 Å². The Morgan fingerprint density at radius 2 is 1.79 bits per heavy atom. The number of nitrogens with one attached hydrogen (secondary N) is 1. The van der Waals surface area contributed by atoms with Crippen molar-refractivity contribution in [3.05, 3.63) is 59.7 Å². The van der Waals surface area contributed by atoms with E-state index in [2.05, 4.69) is 46.5 Å². The Morgan fingerprint density at radius 1 is 1.16 bits per heavy atom. The maximum atomic E-state index is 4.16. The summed E-state index contributed by atoms with van der Waals surface area (Å²) in [5.74, 6) is 0.600. The highest BCUT2D eigenvalue weighted by atomic mass is 14.9. The molecular weight excluding hydrogens is 234 g/mol. The lowest BCUT2D eigenvalue weighted by atomic mass is 9.92. The molecule has 3 rings (SSSR count). The van der Waals surface area contributed by atoms with E-state index >= 15 is 0 Å². The Bertz CT molecular complexity index is 514. The summed E-state index contributed by atoms with van der Waals surface area (Å²) in [5.41, 5.74) is 4.18. The van der Waals surface area contributed by atoms with E-state index < -0.39 is 0 Å². The van der Waals surface area contributed by atoms with E-state index in [0.29, 0.717) is 12.0 Å². The van der Waals surface area contributed by atoms with E-state index in [1.807, 2.05) is 12.4 Å². The lowest BCUT2D eigenvalue weighted by Gasteiger charge is -2.24. The van der Waals surface area contributed by atoms with Gasteiger partial charge in [-0.2, -0.15) is 0 Å². The molecular formula is C16H19N3. The van der Waals surface area contributed by atoms with E-state index in [1.54, 1.807) is 6.33 Å². The van der Waals surface area contributed by atoms with Gasteiger partial charge in [-0.1, -0.05) is 31.2 Å². The summed E-state index contributed by atoms with van der Waals surface area (Å²) in [6.45, 7) is 3.12. The lowest BCUT2D eigenvalue weighted by molar-refractivity contribution is 0.379. The molecule has 1 aromatic heterocycles.